The summed E-state index contributed by atoms with van der Waals surface area (Å²) < 4.78 is 0. The molecule has 2 aliphatic rings. The lowest BCUT2D eigenvalue weighted by molar-refractivity contribution is -0.136. The van der Waals surface area contributed by atoms with Gasteiger partial charge in [0, 0.05) is 44.8 Å². The highest BCUT2D eigenvalue weighted by molar-refractivity contribution is 6.00. The van der Waals surface area contributed by atoms with E-state index in [0.717, 1.165) is 43.0 Å². The van der Waals surface area contributed by atoms with Crippen molar-refractivity contribution in [3.63, 3.8) is 0 Å². The number of hydrogen-bond acceptors (Lipinski definition) is 3. The molecule has 2 fully saturated rings. The fraction of sp³-hybridized carbons (Fsp3) is 0.529. The van der Waals surface area contributed by atoms with E-state index in [-0.39, 0.29) is 17.7 Å². The number of aryl methyl sites for hydroxylation is 2. The van der Waals surface area contributed by atoms with Crippen LogP contribution < -0.4 is 10.2 Å². The van der Waals surface area contributed by atoms with Crippen LogP contribution in [0.5, 0.6) is 0 Å². The van der Waals surface area contributed by atoms with E-state index in [9.17, 15) is 9.59 Å². The first kappa shape index (κ1) is 15.0. The molecule has 0 aliphatic carbocycles. The molecule has 2 amide bonds. The van der Waals surface area contributed by atoms with Gasteiger partial charge >= 0.3 is 0 Å². The van der Waals surface area contributed by atoms with Gasteiger partial charge in [-0.05, 0) is 37.1 Å². The van der Waals surface area contributed by atoms with Crippen molar-refractivity contribution >= 4 is 17.5 Å². The fourth-order valence-electron chi connectivity index (χ4n) is 3.37. The molecule has 0 radical (unpaired) electrons. The molecule has 2 saturated heterocycles. The molecule has 2 aliphatic heterocycles. The van der Waals surface area contributed by atoms with Crippen LogP contribution in [0.4, 0.5) is 5.69 Å². The summed E-state index contributed by atoms with van der Waals surface area (Å²) in [5.74, 6) is -0.0216. The summed E-state index contributed by atoms with van der Waals surface area (Å²) >= 11 is 0. The van der Waals surface area contributed by atoms with Crippen molar-refractivity contribution in [3.05, 3.63) is 29.3 Å². The van der Waals surface area contributed by atoms with Crippen LogP contribution in [-0.2, 0) is 9.59 Å². The van der Waals surface area contributed by atoms with Gasteiger partial charge in [0.1, 0.15) is 0 Å². The second-order valence-corrected chi connectivity index (χ2v) is 6.33. The monoisotopic (exact) mass is 301 g/mol. The number of nitrogens with one attached hydrogen (secondary N) is 1. The minimum Gasteiger partial charge on any atom is -0.340 e. The molecule has 0 spiro atoms. The molecular weight excluding hydrogens is 278 g/mol. The van der Waals surface area contributed by atoms with Gasteiger partial charge in [-0.2, -0.15) is 0 Å². The van der Waals surface area contributed by atoms with Crippen LogP contribution in [0, 0.1) is 19.8 Å². The molecule has 1 aromatic carbocycles. The summed E-state index contributed by atoms with van der Waals surface area (Å²) in [5, 5.41) is 3.24. The van der Waals surface area contributed by atoms with Crippen molar-refractivity contribution in [2.24, 2.45) is 5.92 Å². The minimum atomic E-state index is -0.202. The molecule has 3 rings (SSSR count). The summed E-state index contributed by atoms with van der Waals surface area (Å²) in [7, 11) is 0. The molecule has 0 saturated carbocycles. The average molecular weight is 301 g/mol. The Morgan fingerprint density at radius 1 is 1.14 bits per heavy atom. The molecule has 0 aromatic heterocycles. The van der Waals surface area contributed by atoms with Gasteiger partial charge in [0.2, 0.25) is 11.8 Å². The molecule has 118 valence electrons. The first-order valence-electron chi connectivity index (χ1n) is 7.93. The van der Waals surface area contributed by atoms with Crippen molar-refractivity contribution in [1.82, 2.24) is 10.2 Å². The third kappa shape index (κ3) is 2.99. The molecule has 2 heterocycles. The predicted molar refractivity (Wildman–Crippen MR) is 85.8 cm³/mol. The molecule has 5 heteroatoms. The first-order valence-corrected chi connectivity index (χ1v) is 7.93. The molecule has 5 nitrogen and oxygen atoms in total. The molecule has 0 bridgehead atoms. The molecule has 1 unspecified atom stereocenters. The Hall–Kier alpha value is -1.88. The second kappa shape index (κ2) is 6.08. The van der Waals surface area contributed by atoms with E-state index in [0.29, 0.717) is 13.0 Å². The van der Waals surface area contributed by atoms with Crippen molar-refractivity contribution in [3.8, 4) is 0 Å². The van der Waals surface area contributed by atoms with Gasteiger partial charge in [-0.25, -0.2) is 0 Å². The Bertz CT molecular complexity index is 573. The van der Waals surface area contributed by atoms with Crippen LogP contribution in [0.25, 0.3) is 0 Å². The lowest BCUT2D eigenvalue weighted by Crippen LogP contribution is -2.48. The summed E-state index contributed by atoms with van der Waals surface area (Å²) in [6.07, 6.45) is 0.329. The number of amides is 2. The predicted octanol–water partition coefficient (Wildman–Crippen LogP) is 1.09. The summed E-state index contributed by atoms with van der Waals surface area (Å²) in [5.41, 5.74) is 3.19. The highest BCUT2D eigenvalue weighted by Crippen LogP contribution is 2.28. The fourth-order valence-corrected chi connectivity index (χ4v) is 3.37. The van der Waals surface area contributed by atoms with Crippen molar-refractivity contribution < 1.29 is 9.59 Å². The number of benzene rings is 1. The Labute approximate surface area is 131 Å². The number of carbonyl (C=O) groups is 2. The van der Waals surface area contributed by atoms with Crippen LogP contribution in [0.1, 0.15) is 17.5 Å². The standard InChI is InChI=1S/C17H23N3O2/c1-12-7-13(2)9-15(8-12)20-11-14(10-16(20)21)17(22)19-5-3-18-4-6-19/h7-9,14,18H,3-6,10-11H2,1-2H3. The van der Waals surface area contributed by atoms with Crippen LogP contribution in [-0.4, -0.2) is 49.4 Å². The maximum absolute atomic E-state index is 12.6. The number of rotatable bonds is 2. The van der Waals surface area contributed by atoms with Crippen molar-refractivity contribution in [2.45, 2.75) is 20.3 Å². The molecule has 1 atom stereocenters. The Morgan fingerprint density at radius 3 is 2.41 bits per heavy atom. The van der Waals surface area contributed by atoms with E-state index in [1.807, 2.05) is 30.9 Å². The maximum Gasteiger partial charge on any atom is 0.228 e. The van der Waals surface area contributed by atoms with Crippen LogP contribution >= 0.6 is 0 Å². The third-order valence-electron chi connectivity index (χ3n) is 4.42. The van der Waals surface area contributed by atoms with E-state index in [1.165, 1.54) is 0 Å². The zero-order valence-corrected chi connectivity index (χ0v) is 13.3. The lowest BCUT2D eigenvalue weighted by atomic mass is 10.1. The van der Waals surface area contributed by atoms with Gasteiger partial charge in [0.25, 0.3) is 0 Å². The Kier molecular flexibility index (Phi) is 4.16. The zero-order valence-electron chi connectivity index (χ0n) is 13.3. The molecule has 1 N–H and O–H groups in total. The highest BCUT2D eigenvalue weighted by Gasteiger charge is 2.37. The Morgan fingerprint density at radius 2 is 1.77 bits per heavy atom. The van der Waals surface area contributed by atoms with Crippen LogP contribution in [0.2, 0.25) is 0 Å². The number of nitrogens with zero attached hydrogens (tertiary/aromatic N) is 2. The average Bonchev–Trinajstić information content (AvgIpc) is 2.88. The first-order chi connectivity index (χ1) is 10.5. The van der Waals surface area contributed by atoms with E-state index in [2.05, 4.69) is 11.4 Å². The van der Waals surface area contributed by atoms with Crippen molar-refractivity contribution in [1.29, 1.82) is 0 Å². The summed E-state index contributed by atoms with van der Waals surface area (Å²) in [6, 6.07) is 6.12. The lowest BCUT2D eigenvalue weighted by Gasteiger charge is -2.29. The maximum atomic E-state index is 12.6. The quantitative estimate of drug-likeness (QED) is 0.889. The van der Waals surface area contributed by atoms with E-state index >= 15 is 0 Å². The van der Waals surface area contributed by atoms with Gasteiger partial charge in [-0.15, -0.1) is 0 Å². The van der Waals surface area contributed by atoms with Gasteiger partial charge < -0.3 is 15.1 Å². The molecule has 22 heavy (non-hydrogen) atoms. The van der Waals surface area contributed by atoms with Crippen LogP contribution in [0.15, 0.2) is 18.2 Å². The topological polar surface area (TPSA) is 52.7 Å². The highest BCUT2D eigenvalue weighted by atomic mass is 16.2. The largest absolute Gasteiger partial charge is 0.340 e. The molecular formula is C17H23N3O2. The summed E-state index contributed by atoms with van der Waals surface area (Å²) in [4.78, 5) is 28.6. The number of carbonyl (C=O) groups excluding carboxylic acids is 2. The summed E-state index contributed by atoms with van der Waals surface area (Å²) in [6.45, 7) is 7.73. The zero-order chi connectivity index (χ0) is 15.7. The van der Waals surface area contributed by atoms with E-state index in [4.69, 9.17) is 0 Å². The third-order valence-corrected chi connectivity index (χ3v) is 4.42. The van der Waals surface area contributed by atoms with Gasteiger partial charge in [-0.1, -0.05) is 6.07 Å². The number of hydrogen-bond donors (Lipinski definition) is 1. The number of piperazine rings is 1. The van der Waals surface area contributed by atoms with Gasteiger partial charge in [-0.3, -0.25) is 9.59 Å². The van der Waals surface area contributed by atoms with E-state index in [1.54, 1.807) is 4.90 Å². The smallest absolute Gasteiger partial charge is 0.228 e. The second-order valence-electron chi connectivity index (χ2n) is 6.33. The van der Waals surface area contributed by atoms with Gasteiger partial charge in [0.05, 0.1) is 5.92 Å². The normalized spacial score (nSPS) is 22.3. The Balaban J connectivity index is 1.73. The molecule has 1 aromatic rings. The van der Waals surface area contributed by atoms with E-state index < -0.39 is 0 Å². The number of anilines is 1. The van der Waals surface area contributed by atoms with Crippen molar-refractivity contribution in [2.75, 3.05) is 37.6 Å². The SMILES string of the molecule is Cc1cc(C)cc(N2CC(C(=O)N3CCNCC3)CC2=O)c1. The minimum absolute atomic E-state index is 0.0542. The van der Waals surface area contributed by atoms with Gasteiger partial charge in [0.15, 0.2) is 0 Å². The van der Waals surface area contributed by atoms with Crippen LogP contribution in [0.3, 0.4) is 0 Å².